The van der Waals surface area contributed by atoms with Gasteiger partial charge in [0.1, 0.15) is 0 Å². The number of nitrogens with zero attached hydrogens (tertiary/aromatic N) is 4. The number of thiazole rings is 1. The van der Waals surface area contributed by atoms with Gasteiger partial charge in [0, 0.05) is 62.2 Å². The van der Waals surface area contributed by atoms with Crippen LogP contribution in [0.15, 0.2) is 11.4 Å². The molecular formula is C17H26N4OS. The van der Waals surface area contributed by atoms with Gasteiger partial charge in [0.15, 0.2) is 5.13 Å². The number of likely N-dealkylation sites (N-methyl/N-ethyl adjacent to an activating group) is 1. The van der Waals surface area contributed by atoms with Crippen LogP contribution in [0.1, 0.15) is 11.4 Å². The molecule has 0 unspecified atom stereocenters. The summed E-state index contributed by atoms with van der Waals surface area (Å²) in [6, 6.07) is 2.24. The Morgan fingerprint density at radius 2 is 1.96 bits per heavy atom. The van der Waals surface area contributed by atoms with Gasteiger partial charge in [-0.2, -0.15) is 0 Å². The van der Waals surface area contributed by atoms with E-state index in [4.69, 9.17) is 9.72 Å². The first-order valence-electron chi connectivity index (χ1n) is 8.15. The van der Waals surface area contributed by atoms with Gasteiger partial charge in [-0.3, -0.25) is 0 Å². The van der Waals surface area contributed by atoms with E-state index in [-0.39, 0.29) is 0 Å². The molecule has 3 rings (SSSR count). The van der Waals surface area contributed by atoms with Crippen LogP contribution in [-0.2, 0) is 11.3 Å². The first-order chi connectivity index (χ1) is 11.1. The Hall–Kier alpha value is -1.37. The molecular weight excluding hydrogens is 308 g/mol. The number of aryl methyl sites for hydroxylation is 1. The number of rotatable bonds is 5. The van der Waals surface area contributed by atoms with Crippen LogP contribution in [0.3, 0.4) is 0 Å². The molecule has 1 fully saturated rings. The summed E-state index contributed by atoms with van der Waals surface area (Å²) in [7, 11) is 3.93. The van der Waals surface area contributed by atoms with Gasteiger partial charge in [-0.05, 0) is 27.0 Å². The van der Waals surface area contributed by atoms with E-state index in [1.54, 1.807) is 18.4 Å². The molecule has 1 aliphatic heterocycles. The maximum Gasteiger partial charge on any atom is 0.185 e. The van der Waals surface area contributed by atoms with Gasteiger partial charge < -0.3 is 19.1 Å². The Morgan fingerprint density at radius 3 is 2.65 bits per heavy atom. The summed E-state index contributed by atoms with van der Waals surface area (Å²) in [5.74, 6) is 0. The van der Waals surface area contributed by atoms with Crippen molar-refractivity contribution in [1.29, 1.82) is 0 Å². The van der Waals surface area contributed by atoms with Crippen LogP contribution in [0.2, 0.25) is 0 Å². The van der Waals surface area contributed by atoms with Crippen molar-refractivity contribution in [3.63, 3.8) is 0 Å². The third-order valence-electron chi connectivity index (χ3n) is 4.63. The summed E-state index contributed by atoms with van der Waals surface area (Å²) in [6.07, 6.45) is 0. The van der Waals surface area contributed by atoms with Gasteiger partial charge in [0.25, 0.3) is 0 Å². The lowest BCUT2D eigenvalue weighted by molar-refractivity contribution is 0.186. The summed E-state index contributed by atoms with van der Waals surface area (Å²) in [4.78, 5) is 9.68. The molecule has 6 heteroatoms. The third kappa shape index (κ3) is 3.44. The molecule has 2 aromatic heterocycles. The highest BCUT2D eigenvalue weighted by molar-refractivity contribution is 7.14. The number of hydrogen-bond donors (Lipinski definition) is 0. The summed E-state index contributed by atoms with van der Waals surface area (Å²) in [5, 5.41) is 3.34. The predicted octanol–water partition coefficient (Wildman–Crippen LogP) is 2.63. The van der Waals surface area contributed by atoms with Crippen LogP contribution < -0.4 is 4.90 Å². The summed E-state index contributed by atoms with van der Waals surface area (Å²) in [5.41, 5.74) is 4.88. The summed E-state index contributed by atoms with van der Waals surface area (Å²) < 4.78 is 7.53. The Labute approximate surface area is 142 Å². The molecule has 0 aliphatic carbocycles. The van der Waals surface area contributed by atoms with Crippen molar-refractivity contribution in [3.05, 3.63) is 22.8 Å². The first kappa shape index (κ1) is 16.5. The van der Waals surface area contributed by atoms with Crippen LogP contribution in [-0.4, -0.2) is 61.4 Å². The van der Waals surface area contributed by atoms with Gasteiger partial charge >= 0.3 is 0 Å². The highest BCUT2D eigenvalue weighted by Crippen LogP contribution is 2.31. The monoisotopic (exact) mass is 334 g/mol. The Morgan fingerprint density at radius 1 is 1.22 bits per heavy atom. The van der Waals surface area contributed by atoms with E-state index >= 15 is 0 Å². The number of methoxy groups -OCH3 is 1. The zero-order valence-electron chi connectivity index (χ0n) is 14.5. The standard InChI is InChI=1S/C17H26N4OS/c1-13-11-15(14(2)21(13)9-10-22-4)16-12-23-17(18-16)20-7-5-19(3)6-8-20/h11-12H,5-10H2,1-4H3. The van der Waals surface area contributed by atoms with E-state index in [1.165, 1.54) is 17.0 Å². The molecule has 2 aromatic rings. The first-order valence-corrected chi connectivity index (χ1v) is 9.03. The predicted molar refractivity (Wildman–Crippen MR) is 96.6 cm³/mol. The van der Waals surface area contributed by atoms with Crippen LogP contribution >= 0.6 is 11.3 Å². The lowest BCUT2D eigenvalue weighted by atomic mass is 10.2. The van der Waals surface area contributed by atoms with Crippen molar-refractivity contribution in [1.82, 2.24) is 14.5 Å². The number of anilines is 1. The lowest BCUT2D eigenvalue weighted by Gasteiger charge is -2.32. The molecule has 0 bridgehead atoms. The highest BCUT2D eigenvalue weighted by Gasteiger charge is 2.19. The maximum absolute atomic E-state index is 5.22. The summed E-state index contributed by atoms with van der Waals surface area (Å²) in [6.45, 7) is 10.3. The molecule has 0 amide bonds. The molecule has 0 aromatic carbocycles. The highest BCUT2D eigenvalue weighted by atomic mass is 32.1. The molecule has 1 aliphatic rings. The van der Waals surface area contributed by atoms with Gasteiger partial charge in [0.05, 0.1) is 12.3 Å². The third-order valence-corrected chi connectivity index (χ3v) is 5.54. The molecule has 0 N–H and O–H groups in total. The summed E-state index contributed by atoms with van der Waals surface area (Å²) >= 11 is 1.76. The molecule has 3 heterocycles. The minimum Gasteiger partial charge on any atom is -0.383 e. The minimum absolute atomic E-state index is 0.736. The van der Waals surface area contributed by atoms with Crippen LogP contribution in [0.4, 0.5) is 5.13 Å². The Kier molecular flexibility index (Phi) is 5.04. The van der Waals surface area contributed by atoms with E-state index in [0.717, 1.165) is 50.2 Å². The second-order valence-corrected chi connectivity index (χ2v) is 7.07. The average molecular weight is 334 g/mol. The van der Waals surface area contributed by atoms with E-state index in [9.17, 15) is 0 Å². The van der Waals surface area contributed by atoms with E-state index in [0.29, 0.717) is 0 Å². The Bertz CT molecular complexity index is 656. The van der Waals surface area contributed by atoms with Gasteiger partial charge in [0.2, 0.25) is 0 Å². The topological polar surface area (TPSA) is 33.5 Å². The van der Waals surface area contributed by atoms with Crippen LogP contribution in [0.5, 0.6) is 0 Å². The van der Waals surface area contributed by atoms with Crippen molar-refractivity contribution in [3.8, 4) is 11.3 Å². The number of hydrogen-bond acceptors (Lipinski definition) is 5. The molecule has 0 spiro atoms. The average Bonchev–Trinajstić information content (AvgIpc) is 3.12. The van der Waals surface area contributed by atoms with Crippen molar-refractivity contribution >= 4 is 16.5 Å². The maximum atomic E-state index is 5.22. The lowest BCUT2D eigenvalue weighted by Crippen LogP contribution is -2.44. The largest absolute Gasteiger partial charge is 0.383 e. The number of piperazine rings is 1. The van der Waals surface area contributed by atoms with E-state index < -0.39 is 0 Å². The second kappa shape index (κ2) is 7.03. The van der Waals surface area contributed by atoms with E-state index in [1.807, 2.05) is 0 Å². The van der Waals surface area contributed by atoms with Crippen molar-refractivity contribution in [2.24, 2.45) is 0 Å². The fourth-order valence-corrected chi connectivity index (χ4v) is 4.00. The minimum atomic E-state index is 0.736. The quantitative estimate of drug-likeness (QED) is 0.842. The molecule has 0 saturated carbocycles. The normalized spacial score (nSPS) is 16.3. The fourth-order valence-electron chi connectivity index (χ4n) is 3.12. The molecule has 126 valence electrons. The van der Waals surface area contributed by atoms with Gasteiger partial charge in [-0.25, -0.2) is 4.98 Å². The zero-order chi connectivity index (χ0) is 16.4. The SMILES string of the molecule is COCCn1c(C)cc(-c2csc(N3CCN(C)CC3)n2)c1C. The smallest absolute Gasteiger partial charge is 0.185 e. The van der Waals surface area contributed by atoms with Crippen molar-refractivity contribution in [2.75, 3.05) is 51.8 Å². The molecule has 23 heavy (non-hydrogen) atoms. The molecule has 0 radical (unpaired) electrons. The Balaban J connectivity index is 1.80. The number of ether oxygens (including phenoxy) is 1. The number of aromatic nitrogens is 2. The van der Waals surface area contributed by atoms with E-state index in [2.05, 4.69) is 46.7 Å². The fraction of sp³-hybridized carbons (Fsp3) is 0.588. The van der Waals surface area contributed by atoms with Crippen molar-refractivity contribution in [2.45, 2.75) is 20.4 Å². The van der Waals surface area contributed by atoms with Gasteiger partial charge in [-0.15, -0.1) is 11.3 Å². The molecule has 0 atom stereocenters. The molecule has 5 nitrogen and oxygen atoms in total. The van der Waals surface area contributed by atoms with Crippen LogP contribution in [0, 0.1) is 13.8 Å². The van der Waals surface area contributed by atoms with Gasteiger partial charge in [-0.1, -0.05) is 0 Å². The van der Waals surface area contributed by atoms with Crippen molar-refractivity contribution < 1.29 is 4.74 Å². The van der Waals surface area contributed by atoms with Crippen LogP contribution in [0.25, 0.3) is 11.3 Å². The molecule has 1 saturated heterocycles. The zero-order valence-corrected chi connectivity index (χ0v) is 15.3. The second-order valence-electron chi connectivity index (χ2n) is 6.23.